The fourth-order valence-corrected chi connectivity index (χ4v) is 2.54. The molecule has 1 N–H and O–H groups in total. The van der Waals surface area contributed by atoms with Crippen LogP contribution in [0.15, 0.2) is 18.2 Å². The SMILES string of the molecule is CCCCC(Cc1cccc(Cl)c1Cl)NC(C)C. The molecule has 0 bridgehead atoms. The fourth-order valence-electron chi connectivity index (χ4n) is 2.14. The molecule has 0 saturated carbocycles. The van der Waals surface area contributed by atoms with Crippen molar-refractivity contribution in [2.24, 2.45) is 0 Å². The van der Waals surface area contributed by atoms with E-state index in [0.717, 1.165) is 12.0 Å². The van der Waals surface area contributed by atoms with Crippen LogP contribution in [0.1, 0.15) is 45.6 Å². The second-order valence-corrected chi connectivity index (χ2v) is 5.86. The van der Waals surface area contributed by atoms with Crippen LogP contribution in [0.2, 0.25) is 10.0 Å². The van der Waals surface area contributed by atoms with Crippen molar-refractivity contribution in [1.82, 2.24) is 5.32 Å². The van der Waals surface area contributed by atoms with Crippen molar-refractivity contribution in [2.75, 3.05) is 0 Å². The van der Waals surface area contributed by atoms with Crippen molar-refractivity contribution >= 4 is 23.2 Å². The van der Waals surface area contributed by atoms with Gasteiger partial charge in [-0.25, -0.2) is 0 Å². The van der Waals surface area contributed by atoms with Gasteiger partial charge in [0.15, 0.2) is 0 Å². The third-order valence-electron chi connectivity index (χ3n) is 2.97. The van der Waals surface area contributed by atoms with Crippen LogP contribution in [0.4, 0.5) is 0 Å². The molecule has 1 unspecified atom stereocenters. The lowest BCUT2D eigenvalue weighted by Crippen LogP contribution is -2.36. The van der Waals surface area contributed by atoms with Gasteiger partial charge in [0.25, 0.3) is 0 Å². The van der Waals surface area contributed by atoms with Crippen molar-refractivity contribution in [3.8, 4) is 0 Å². The largest absolute Gasteiger partial charge is 0.311 e. The normalized spacial score (nSPS) is 13.0. The van der Waals surface area contributed by atoms with Gasteiger partial charge in [0.2, 0.25) is 0 Å². The summed E-state index contributed by atoms with van der Waals surface area (Å²) in [6.07, 6.45) is 4.58. The third kappa shape index (κ3) is 5.17. The summed E-state index contributed by atoms with van der Waals surface area (Å²) in [5.74, 6) is 0. The van der Waals surface area contributed by atoms with E-state index in [-0.39, 0.29) is 0 Å². The molecule has 0 spiro atoms. The Labute approximate surface area is 121 Å². The molecular formula is C15H23Cl2N. The zero-order valence-electron chi connectivity index (χ0n) is 11.5. The Hall–Kier alpha value is -0.240. The molecule has 18 heavy (non-hydrogen) atoms. The second-order valence-electron chi connectivity index (χ2n) is 5.08. The first-order valence-corrected chi connectivity index (χ1v) is 7.49. The molecule has 1 nitrogen and oxygen atoms in total. The van der Waals surface area contributed by atoms with Gasteiger partial charge in [-0.15, -0.1) is 0 Å². The Morgan fingerprint density at radius 1 is 1.22 bits per heavy atom. The van der Waals surface area contributed by atoms with Crippen LogP contribution in [0, 0.1) is 0 Å². The lowest BCUT2D eigenvalue weighted by Gasteiger charge is -2.22. The highest BCUT2D eigenvalue weighted by Gasteiger charge is 2.13. The molecule has 1 atom stereocenters. The summed E-state index contributed by atoms with van der Waals surface area (Å²) in [7, 11) is 0. The molecule has 0 aromatic heterocycles. The predicted octanol–water partition coefficient (Wildman–Crippen LogP) is 5.09. The molecule has 0 radical (unpaired) electrons. The van der Waals surface area contributed by atoms with Gasteiger partial charge in [-0.1, -0.05) is 68.9 Å². The van der Waals surface area contributed by atoms with Gasteiger partial charge in [-0.3, -0.25) is 0 Å². The average molecular weight is 288 g/mol. The molecular weight excluding hydrogens is 265 g/mol. The van der Waals surface area contributed by atoms with E-state index in [4.69, 9.17) is 23.2 Å². The number of benzene rings is 1. The molecule has 1 rings (SSSR count). The van der Waals surface area contributed by atoms with E-state index in [1.54, 1.807) is 0 Å². The first-order valence-electron chi connectivity index (χ1n) is 6.73. The van der Waals surface area contributed by atoms with E-state index < -0.39 is 0 Å². The summed E-state index contributed by atoms with van der Waals surface area (Å²) in [5, 5.41) is 4.95. The number of nitrogens with one attached hydrogen (secondary N) is 1. The fraction of sp³-hybridized carbons (Fsp3) is 0.600. The summed E-state index contributed by atoms with van der Waals surface area (Å²) in [4.78, 5) is 0. The Morgan fingerprint density at radius 3 is 2.56 bits per heavy atom. The summed E-state index contributed by atoms with van der Waals surface area (Å²) in [6, 6.07) is 6.83. The summed E-state index contributed by atoms with van der Waals surface area (Å²) in [6.45, 7) is 6.58. The topological polar surface area (TPSA) is 12.0 Å². The maximum atomic E-state index is 6.25. The van der Waals surface area contributed by atoms with Crippen LogP contribution in [0.5, 0.6) is 0 Å². The molecule has 0 fully saturated rings. The maximum absolute atomic E-state index is 6.25. The second kappa shape index (κ2) is 8.04. The predicted molar refractivity (Wildman–Crippen MR) is 81.8 cm³/mol. The van der Waals surface area contributed by atoms with Gasteiger partial charge in [-0.2, -0.15) is 0 Å². The zero-order chi connectivity index (χ0) is 13.5. The molecule has 102 valence electrons. The van der Waals surface area contributed by atoms with Gasteiger partial charge in [0.05, 0.1) is 10.0 Å². The lowest BCUT2D eigenvalue weighted by molar-refractivity contribution is 0.425. The van der Waals surface area contributed by atoms with E-state index in [0.29, 0.717) is 22.1 Å². The molecule has 0 aliphatic rings. The van der Waals surface area contributed by atoms with E-state index >= 15 is 0 Å². The van der Waals surface area contributed by atoms with Crippen LogP contribution in [-0.4, -0.2) is 12.1 Å². The molecule has 0 aliphatic carbocycles. The van der Waals surface area contributed by atoms with E-state index in [9.17, 15) is 0 Å². The number of rotatable bonds is 7. The van der Waals surface area contributed by atoms with Crippen LogP contribution in [0.25, 0.3) is 0 Å². The van der Waals surface area contributed by atoms with Crippen LogP contribution in [-0.2, 0) is 6.42 Å². The monoisotopic (exact) mass is 287 g/mol. The Bertz CT molecular complexity index is 364. The van der Waals surface area contributed by atoms with E-state index in [1.807, 2.05) is 12.1 Å². The standard InChI is InChI=1S/C15H23Cl2N/c1-4-5-8-13(18-11(2)3)10-12-7-6-9-14(16)15(12)17/h6-7,9,11,13,18H,4-5,8,10H2,1-3H3. The Morgan fingerprint density at radius 2 is 1.94 bits per heavy atom. The molecule has 3 heteroatoms. The van der Waals surface area contributed by atoms with Gasteiger partial charge < -0.3 is 5.32 Å². The highest BCUT2D eigenvalue weighted by molar-refractivity contribution is 6.42. The number of hydrogen-bond donors (Lipinski definition) is 1. The van der Waals surface area contributed by atoms with Crippen molar-refractivity contribution in [2.45, 2.75) is 58.5 Å². The van der Waals surface area contributed by atoms with Crippen LogP contribution in [0.3, 0.4) is 0 Å². The first-order chi connectivity index (χ1) is 8.54. The Kier molecular flexibility index (Phi) is 7.06. The highest BCUT2D eigenvalue weighted by Crippen LogP contribution is 2.27. The van der Waals surface area contributed by atoms with E-state index in [2.05, 4.69) is 32.2 Å². The summed E-state index contributed by atoms with van der Waals surface area (Å²) >= 11 is 12.3. The Balaban J connectivity index is 2.72. The molecule has 0 heterocycles. The highest BCUT2D eigenvalue weighted by atomic mass is 35.5. The number of hydrogen-bond acceptors (Lipinski definition) is 1. The number of unbranched alkanes of at least 4 members (excludes halogenated alkanes) is 1. The first kappa shape index (κ1) is 15.8. The molecule has 0 saturated heterocycles. The van der Waals surface area contributed by atoms with Crippen LogP contribution < -0.4 is 5.32 Å². The van der Waals surface area contributed by atoms with Crippen molar-refractivity contribution < 1.29 is 0 Å². The minimum atomic E-state index is 0.473. The maximum Gasteiger partial charge on any atom is 0.0624 e. The average Bonchev–Trinajstić information content (AvgIpc) is 2.31. The summed E-state index contributed by atoms with van der Waals surface area (Å²) in [5.41, 5.74) is 1.14. The molecule has 1 aromatic carbocycles. The smallest absolute Gasteiger partial charge is 0.0624 e. The minimum Gasteiger partial charge on any atom is -0.311 e. The summed E-state index contributed by atoms with van der Waals surface area (Å²) < 4.78 is 0. The van der Waals surface area contributed by atoms with Crippen molar-refractivity contribution in [1.29, 1.82) is 0 Å². The van der Waals surface area contributed by atoms with Crippen molar-refractivity contribution in [3.63, 3.8) is 0 Å². The lowest BCUT2D eigenvalue weighted by atomic mass is 10.0. The molecule has 0 aliphatic heterocycles. The number of halogens is 2. The molecule has 0 amide bonds. The van der Waals surface area contributed by atoms with Crippen molar-refractivity contribution in [3.05, 3.63) is 33.8 Å². The molecule has 1 aromatic rings. The quantitative estimate of drug-likeness (QED) is 0.736. The van der Waals surface area contributed by atoms with Gasteiger partial charge in [0.1, 0.15) is 0 Å². The minimum absolute atomic E-state index is 0.473. The van der Waals surface area contributed by atoms with E-state index in [1.165, 1.54) is 19.3 Å². The van der Waals surface area contributed by atoms with Gasteiger partial charge in [0, 0.05) is 12.1 Å². The zero-order valence-corrected chi connectivity index (χ0v) is 13.0. The van der Waals surface area contributed by atoms with Crippen LogP contribution >= 0.6 is 23.2 Å². The van der Waals surface area contributed by atoms with Gasteiger partial charge >= 0.3 is 0 Å². The van der Waals surface area contributed by atoms with Gasteiger partial charge in [-0.05, 0) is 24.5 Å². The third-order valence-corrected chi connectivity index (χ3v) is 3.83.